The van der Waals surface area contributed by atoms with Gasteiger partial charge in [-0.15, -0.1) is 0 Å². The molecule has 0 spiro atoms. The minimum absolute atomic E-state index is 0.0541. The van der Waals surface area contributed by atoms with E-state index in [4.69, 9.17) is 0 Å². The van der Waals surface area contributed by atoms with E-state index >= 15 is 0 Å². The minimum Gasteiger partial charge on any atom is -0.506 e. The van der Waals surface area contributed by atoms with Crippen LogP contribution in [0.5, 0.6) is 5.75 Å². The number of fused-ring (bicyclic) bond motifs is 1. The molecule has 1 heterocycles. The molecule has 0 aromatic heterocycles. The molecule has 6 heteroatoms. The predicted molar refractivity (Wildman–Crippen MR) is 96.5 cm³/mol. The largest absolute Gasteiger partial charge is 0.506 e. The number of hydrogen-bond acceptors (Lipinski definition) is 3. The Hall–Kier alpha value is -1.92. The van der Waals surface area contributed by atoms with Gasteiger partial charge in [-0.05, 0) is 80.8 Å². The highest BCUT2D eigenvalue weighted by molar-refractivity contribution is 9.11. The molecular formula is C17H11Br2NO3. The van der Waals surface area contributed by atoms with Gasteiger partial charge in [0.05, 0.1) is 8.95 Å². The molecule has 0 atom stereocenters. The fraction of sp³-hybridized carbons (Fsp3) is 0.0588. The van der Waals surface area contributed by atoms with Gasteiger partial charge in [-0.1, -0.05) is 0 Å². The van der Waals surface area contributed by atoms with Crippen LogP contribution in [0.25, 0.3) is 11.6 Å². The van der Waals surface area contributed by atoms with E-state index in [-0.39, 0.29) is 17.4 Å². The Morgan fingerprint density at radius 3 is 2.43 bits per heavy atom. The van der Waals surface area contributed by atoms with Crippen molar-refractivity contribution < 1.29 is 14.7 Å². The number of benzene rings is 2. The topological polar surface area (TPSA) is 66.4 Å². The maximum Gasteiger partial charge on any atom is 0.256 e. The van der Waals surface area contributed by atoms with E-state index in [0.717, 1.165) is 5.56 Å². The molecule has 0 fully saturated rings. The lowest BCUT2D eigenvalue weighted by atomic mass is 10.0. The van der Waals surface area contributed by atoms with Gasteiger partial charge in [0.2, 0.25) is 0 Å². The first-order valence-electron chi connectivity index (χ1n) is 6.73. The predicted octanol–water partition coefficient (Wildman–Crippen LogP) is 4.61. The van der Waals surface area contributed by atoms with Gasteiger partial charge < -0.3 is 10.4 Å². The first kappa shape index (κ1) is 16.0. The number of anilines is 1. The van der Waals surface area contributed by atoms with Gasteiger partial charge in [-0.3, -0.25) is 9.59 Å². The number of halogens is 2. The number of carbonyl (C=O) groups is 2. The van der Waals surface area contributed by atoms with Crippen molar-refractivity contribution in [3.05, 3.63) is 56.0 Å². The summed E-state index contributed by atoms with van der Waals surface area (Å²) in [6.07, 6.45) is 1.72. The first-order valence-corrected chi connectivity index (χ1v) is 8.32. The van der Waals surface area contributed by atoms with Crippen LogP contribution in [0.15, 0.2) is 39.3 Å². The van der Waals surface area contributed by atoms with Crippen molar-refractivity contribution in [2.45, 2.75) is 6.92 Å². The zero-order chi connectivity index (χ0) is 16.7. The standard InChI is InChI=1S/C17H11Br2NO3/c1-8(21)10-2-3-15-11(7-10)12(17(23)20-15)4-9-5-13(18)16(22)14(19)6-9/h2-7,22H,1H3,(H,20,23). The van der Waals surface area contributed by atoms with E-state index in [1.165, 1.54) is 6.92 Å². The maximum atomic E-state index is 12.2. The number of carbonyl (C=O) groups excluding carboxylic acids is 2. The van der Waals surface area contributed by atoms with Gasteiger partial charge in [-0.2, -0.15) is 0 Å². The van der Waals surface area contributed by atoms with Crippen LogP contribution in [0.2, 0.25) is 0 Å². The summed E-state index contributed by atoms with van der Waals surface area (Å²) >= 11 is 6.54. The Kier molecular flexibility index (Phi) is 4.12. The molecule has 4 nitrogen and oxygen atoms in total. The van der Waals surface area contributed by atoms with Gasteiger partial charge in [0.15, 0.2) is 5.78 Å². The van der Waals surface area contributed by atoms with Gasteiger partial charge in [0, 0.05) is 22.4 Å². The fourth-order valence-corrected chi connectivity index (χ4v) is 3.61. The summed E-state index contributed by atoms with van der Waals surface area (Å²) in [5.41, 5.74) is 3.16. The van der Waals surface area contributed by atoms with E-state index in [0.29, 0.717) is 31.3 Å². The molecule has 23 heavy (non-hydrogen) atoms. The summed E-state index contributed by atoms with van der Waals surface area (Å²) in [7, 11) is 0. The van der Waals surface area contributed by atoms with Gasteiger partial charge in [0.1, 0.15) is 5.75 Å². The third kappa shape index (κ3) is 2.96. The SMILES string of the molecule is CC(=O)c1ccc2c(c1)C(=Cc1cc(Br)c(O)c(Br)c1)C(=O)N2. The van der Waals surface area contributed by atoms with Crippen LogP contribution in [0.1, 0.15) is 28.4 Å². The normalized spacial score (nSPS) is 14.7. The number of aromatic hydroxyl groups is 1. The molecule has 0 bridgehead atoms. The summed E-state index contributed by atoms with van der Waals surface area (Å²) in [5, 5.41) is 12.6. The zero-order valence-corrected chi connectivity index (χ0v) is 15.2. The third-order valence-electron chi connectivity index (χ3n) is 3.56. The Morgan fingerprint density at radius 2 is 1.83 bits per heavy atom. The summed E-state index contributed by atoms with van der Waals surface area (Å²) in [6.45, 7) is 1.49. The Morgan fingerprint density at radius 1 is 1.17 bits per heavy atom. The molecule has 0 radical (unpaired) electrons. The molecule has 1 aliphatic heterocycles. The van der Waals surface area contributed by atoms with Crippen LogP contribution in [-0.2, 0) is 4.79 Å². The summed E-state index contributed by atoms with van der Waals surface area (Å²) in [4.78, 5) is 23.8. The van der Waals surface area contributed by atoms with E-state index < -0.39 is 0 Å². The highest BCUT2D eigenvalue weighted by Crippen LogP contribution is 2.37. The molecule has 0 unspecified atom stereocenters. The second kappa shape index (κ2) is 5.94. The maximum absolute atomic E-state index is 12.2. The number of rotatable bonds is 2. The third-order valence-corrected chi connectivity index (χ3v) is 4.77. The van der Waals surface area contributed by atoms with Gasteiger partial charge in [0.25, 0.3) is 5.91 Å². The van der Waals surface area contributed by atoms with Crippen molar-refractivity contribution in [2.24, 2.45) is 0 Å². The fourth-order valence-electron chi connectivity index (χ4n) is 2.39. The van der Waals surface area contributed by atoms with E-state index in [9.17, 15) is 14.7 Å². The second-order valence-corrected chi connectivity index (χ2v) is 6.87. The summed E-state index contributed by atoms with van der Waals surface area (Å²) in [5.74, 6) is -0.176. The Labute approximate surface area is 149 Å². The average molecular weight is 437 g/mol. The van der Waals surface area contributed by atoms with Crippen LogP contribution in [0.4, 0.5) is 5.69 Å². The van der Waals surface area contributed by atoms with Crippen LogP contribution in [0, 0.1) is 0 Å². The van der Waals surface area contributed by atoms with Crippen LogP contribution < -0.4 is 5.32 Å². The number of phenols is 1. The lowest BCUT2D eigenvalue weighted by Gasteiger charge is -2.04. The molecule has 3 rings (SSSR count). The molecule has 2 aromatic rings. The van der Waals surface area contributed by atoms with Gasteiger partial charge >= 0.3 is 0 Å². The zero-order valence-electron chi connectivity index (χ0n) is 12.0. The second-order valence-electron chi connectivity index (χ2n) is 5.16. The quantitative estimate of drug-likeness (QED) is 0.533. The number of hydrogen-bond donors (Lipinski definition) is 2. The highest BCUT2D eigenvalue weighted by Gasteiger charge is 2.25. The van der Waals surface area contributed by atoms with Crippen molar-refractivity contribution >= 4 is 60.9 Å². The van der Waals surface area contributed by atoms with Crippen LogP contribution in [-0.4, -0.2) is 16.8 Å². The highest BCUT2D eigenvalue weighted by atomic mass is 79.9. The monoisotopic (exact) mass is 435 g/mol. The van der Waals surface area contributed by atoms with Gasteiger partial charge in [-0.25, -0.2) is 0 Å². The smallest absolute Gasteiger partial charge is 0.256 e. The van der Waals surface area contributed by atoms with Crippen molar-refractivity contribution in [2.75, 3.05) is 5.32 Å². The van der Waals surface area contributed by atoms with Crippen molar-refractivity contribution in [1.82, 2.24) is 0 Å². The number of ketones is 1. The lowest BCUT2D eigenvalue weighted by Crippen LogP contribution is -2.03. The minimum atomic E-state index is -0.221. The number of nitrogens with one attached hydrogen (secondary N) is 1. The average Bonchev–Trinajstić information content (AvgIpc) is 2.80. The molecule has 2 N–H and O–H groups in total. The summed E-state index contributed by atoms with van der Waals surface area (Å²) < 4.78 is 1.05. The molecule has 116 valence electrons. The number of phenolic OH excluding ortho intramolecular Hbond substituents is 1. The molecule has 0 saturated carbocycles. The molecule has 1 amide bonds. The van der Waals surface area contributed by atoms with E-state index in [1.807, 2.05) is 0 Å². The number of Topliss-reactive ketones (excluding diaryl/α,β-unsaturated/α-hetero) is 1. The molecule has 0 aliphatic carbocycles. The molecule has 2 aromatic carbocycles. The van der Waals surface area contributed by atoms with Crippen LogP contribution >= 0.6 is 31.9 Å². The Balaban J connectivity index is 2.13. The van der Waals surface area contributed by atoms with Crippen LogP contribution in [0.3, 0.4) is 0 Å². The van der Waals surface area contributed by atoms with E-state index in [1.54, 1.807) is 36.4 Å². The van der Waals surface area contributed by atoms with E-state index in [2.05, 4.69) is 37.2 Å². The lowest BCUT2D eigenvalue weighted by molar-refractivity contribution is -0.110. The molecular weight excluding hydrogens is 426 g/mol. The molecule has 0 saturated heterocycles. The summed E-state index contributed by atoms with van der Waals surface area (Å²) in [6, 6.07) is 8.57. The van der Waals surface area contributed by atoms with Crippen molar-refractivity contribution in [3.8, 4) is 5.75 Å². The van der Waals surface area contributed by atoms with Crippen molar-refractivity contribution in [3.63, 3.8) is 0 Å². The molecule has 1 aliphatic rings. The van der Waals surface area contributed by atoms with Crippen molar-refractivity contribution in [1.29, 1.82) is 0 Å². The first-order chi connectivity index (χ1) is 10.9. The number of amides is 1. The Bertz CT molecular complexity index is 864.